The van der Waals surface area contributed by atoms with Gasteiger partial charge in [0.05, 0.1) is 25.2 Å². The lowest BCUT2D eigenvalue weighted by Crippen LogP contribution is -2.42. The van der Waals surface area contributed by atoms with Crippen LogP contribution >= 0.6 is 0 Å². The first-order valence-electron chi connectivity index (χ1n) is 9.42. The van der Waals surface area contributed by atoms with Crippen LogP contribution in [0.1, 0.15) is 29.8 Å². The van der Waals surface area contributed by atoms with E-state index in [-0.39, 0.29) is 6.61 Å². The minimum atomic E-state index is -0.902. The lowest BCUT2D eigenvalue weighted by molar-refractivity contribution is -0.153. The summed E-state index contributed by atoms with van der Waals surface area (Å²) in [6.45, 7) is 3.54. The molecular formula is C23H26O6. The third-order valence-corrected chi connectivity index (χ3v) is 4.77. The van der Waals surface area contributed by atoms with E-state index in [1.54, 1.807) is 44.2 Å². The van der Waals surface area contributed by atoms with Crippen LogP contribution in [0.4, 0.5) is 0 Å². The number of esters is 2. The molecule has 0 saturated heterocycles. The van der Waals surface area contributed by atoms with Gasteiger partial charge in [0.2, 0.25) is 0 Å². The van der Waals surface area contributed by atoms with Gasteiger partial charge in [-0.3, -0.25) is 4.79 Å². The molecule has 0 bridgehead atoms. The highest BCUT2D eigenvalue weighted by atomic mass is 16.6. The van der Waals surface area contributed by atoms with Gasteiger partial charge in [0.25, 0.3) is 0 Å². The molecule has 0 spiro atoms. The normalized spacial score (nSPS) is 14.9. The second-order valence-electron chi connectivity index (χ2n) is 6.80. The summed E-state index contributed by atoms with van der Waals surface area (Å²) in [5, 5.41) is 0. The summed E-state index contributed by atoms with van der Waals surface area (Å²) in [6, 6.07) is 17.9. The van der Waals surface area contributed by atoms with Gasteiger partial charge in [0.15, 0.2) is 0 Å². The molecule has 0 aromatic heterocycles. The molecule has 2 aromatic carbocycles. The number of benzene rings is 2. The molecule has 2 rings (SSSR count). The molecular weight excluding hydrogens is 372 g/mol. The van der Waals surface area contributed by atoms with Gasteiger partial charge in [-0.25, -0.2) is 4.79 Å². The fourth-order valence-electron chi connectivity index (χ4n) is 3.02. The van der Waals surface area contributed by atoms with Crippen LogP contribution in [0, 0.1) is 11.8 Å². The number of carbonyl (C=O) groups is 3. The van der Waals surface area contributed by atoms with Crippen LogP contribution < -0.4 is 0 Å². The molecule has 0 fully saturated rings. The second kappa shape index (κ2) is 11.1. The number of methoxy groups -OCH3 is 1. The van der Waals surface area contributed by atoms with E-state index in [1.807, 2.05) is 30.3 Å². The summed E-state index contributed by atoms with van der Waals surface area (Å²) < 4.78 is 16.2. The van der Waals surface area contributed by atoms with Crippen LogP contribution in [0.5, 0.6) is 0 Å². The van der Waals surface area contributed by atoms with E-state index in [4.69, 9.17) is 14.2 Å². The van der Waals surface area contributed by atoms with Gasteiger partial charge >= 0.3 is 11.9 Å². The SMILES string of the molecule is COC(=O)[C@H](C)[C@H](OC(=O)c1ccccc1)[C@H](C)[C@H](C=O)OCc1ccccc1. The van der Waals surface area contributed by atoms with Crippen molar-refractivity contribution in [2.24, 2.45) is 11.8 Å². The van der Waals surface area contributed by atoms with E-state index < -0.39 is 36.0 Å². The Morgan fingerprint density at radius 3 is 2.10 bits per heavy atom. The van der Waals surface area contributed by atoms with Gasteiger partial charge in [-0.2, -0.15) is 0 Å². The summed E-state index contributed by atoms with van der Waals surface area (Å²) >= 11 is 0. The van der Waals surface area contributed by atoms with Crippen molar-refractivity contribution in [2.45, 2.75) is 32.7 Å². The third-order valence-electron chi connectivity index (χ3n) is 4.77. The minimum absolute atomic E-state index is 0.223. The minimum Gasteiger partial charge on any atom is -0.469 e. The van der Waals surface area contributed by atoms with Crippen molar-refractivity contribution in [1.82, 2.24) is 0 Å². The number of hydrogen-bond acceptors (Lipinski definition) is 6. The fourth-order valence-corrected chi connectivity index (χ4v) is 3.02. The quantitative estimate of drug-likeness (QED) is 0.451. The fraction of sp³-hybridized carbons (Fsp3) is 0.348. The molecule has 0 aliphatic carbocycles. The number of ether oxygens (including phenoxy) is 3. The zero-order valence-corrected chi connectivity index (χ0v) is 16.8. The van der Waals surface area contributed by atoms with E-state index in [2.05, 4.69) is 0 Å². The lowest BCUT2D eigenvalue weighted by Gasteiger charge is -2.31. The maximum absolute atomic E-state index is 12.6. The first kappa shape index (κ1) is 22.3. The molecule has 0 aliphatic rings. The average Bonchev–Trinajstić information content (AvgIpc) is 2.77. The molecule has 0 saturated carbocycles. The van der Waals surface area contributed by atoms with Crippen molar-refractivity contribution in [3.63, 3.8) is 0 Å². The summed E-state index contributed by atoms with van der Waals surface area (Å²) in [4.78, 5) is 36.4. The van der Waals surface area contributed by atoms with E-state index in [9.17, 15) is 14.4 Å². The summed E-state index contributed by atoms with van der Waals surface area (Å²) in [6.07, 6.45) is -1.10. The second-order valence-corrected chi connectivity index (χ2v) is 6.80. The first-order chi connectivity index (χ1) is 14.0. The van der Waals surface area contributed by atoms with Gasteiger partial charge < -0.3 is 19.0 Å². The van der Waals surface area contributed by atoms with Crippen molar-refractivity contribution in [2.75, 3.05) is 7.11 Å². The number of rotatable bonds is 10. The van der Waals surface area contributed by atoms with Crippen LogP contribution in [0.2, 0.25) is 0 Å². The van der Waals surface area contributed by atoms with E-state index in [0.717, 1.165) is 5.56 Å². The smallest absolute Gasteiger partial charge is 0.338 e. The van der Waals surface area contributed by atoms with Crippen LogP contribution in [-0.4, -0.2) is 37.5 Å². The molecule has 6 nitrogen and oxygen atoms in total. The molecule has 0 heterocycles. The zero-order valence-electron chi connectivity index (χ0n) is 16.8. The molecule has 154 valence electrons. The van der Waals surface area contributed by atoms with Crippen molar-refractivity contribution in [1.29, 1.82) is 0 Å². The lowest BCUT2D eigenvalue weighted by atomic mass is 9.89. The van der Waals surface area contributed by atoms with Crippen LogP contribution in [0.15, 0.2) is 60.7 Å². The Balaban J connectivity index is 2.17. The monoisotopic (exact) mass is 398 g/mol. The number of carbonyl (C=O) groups excluding carboxylic acids is 3. The maximum atomic E-state index is 12.6. The molecule has 2 aromatic rings. The average molecular weight is 398 g/mol. The summed E-state index contributed by atoms with van der Waals surface area (Å²) in [5.41, 5.74) is 1.26. The largest absolute Gasteiger partial charge is 0.469 e. The Hall–Kier alpha value is -2.99. The Bertz CT molecular complexity index is 790. The highest BCUT2D eigenvalue weighted by Crippen LogP contribution is 2.24. The van der Waals surface area contributed by atoms with E-state index in [1.165, 1.54) is 7.11 Å². The molecule has 6 heteroatoms. The number of hydrogen-bond donors (Lipinski definition) is 0. The molecule has 0 aliphatic heterocycles. The predicted molar refractivity (Wildman–Crippen MR) is 107 cm³/mol. The van der Waals surface area contributed by atoms with Crippen molar-refractivity contribution >= 4 is 18.2 Å². The van der Waals surface area contributed by atoms with Crippen molar-refractivity contribution in [3.8, 4) is 0 Å². The van der Waals surface area contributed by atoms with Crippen LogP contribution in [-0.2, 0) is 30.4 Å². The van der Waals surface area contributed by atoms with Crippen LogP contribution in [0.3, 0.4) is 0 Å². The van der Waals surface area contributed by atoms with Crippen molar-refractivity contribution in [3.05, 3.63) is 71.8 Å². The van der Waals surface area contributed by atoms with Gasteiger partial charge in [0, 0.05) is 5.92 Å². The Kier molecular flexibility index (Phi) is 8.55. The molecule has 0 N–H and O–H groups in total. The van der Waals surface area contributed by atoms with Gasteiger partial charge in [-0.05, 0) is 24.6 Å². The Labute approximate surface area is 170 Å². The highest BCUT2D eigenvalue weighted by molar-refractivity contribution is 5.89. The Morgan fingerprint density at radius 1 is 0.966 bits per heavy atom. The van der Waals surface area contributed by atoms with Crippen molar-refractivity contribution < 1.29 is 28.6 Å². The molecule has 4 atom stereocenters. The van der Waals surface area contributed by atoms with Gasteiger partial charge in [-0.1, -0.05) is 55.5 Å². The first-order valence-corrected chi connectivity index (χ1v) is 9.42. The molecule has 0 amide bonds. The van der Waals surface area contributed by atoms with Gasteiger partial charge in [0.1, 0.15) is 18.5 Å². The van der Waals surface area contributed by atoms with Gasteiger partial charge in [-0.15, -0.1) is 0 Å². The maximum Gasteiger partial charge on any atom is 0.338 e. The zero-order chi connectivity index (χ0) is 21.2. The molecule has 0 radical (unpaired) electrons. The summed E-state index contributed by atoms with van der Waals surface area (Å²) in [5.74, 6) is -2.45. The molecule has 29 heavy (non-hydrogen) atoms. The topological polar surface area (TPSA) is 78.9 Å². The third kappa shape index (κ3) is 6.26. The Morgan fingerprint density at radius 2 is 1.55 bits per heavy atom. The van der Waals surface area contributed by atoms with E-state index in [0.29, 0.717) is 11.8 Å². The molecule has 0 unspecified atom stereocenters. The van der Waals surface area contributed by atoms with Crippen LogP contribution in [0.25, 0.3) is 0 Å². The number of aldehydes is 1. The highest BCUT2D eigenvalue weighted by Gasteiger charge is 2.37. The standard InChI is InChI=1S/C23H26O6/c1-16(20(14-24)28-15-18-10-6-4-7-11-18)21(17(2)22(25)27-3)29-23(26)19-12-8-5-9-13-19/h4-14,16-17,20-21H,15H2,1-3H3/t16-,17-,20+,21-/m1/s1. The van der Waals surface area contributed by atoms with E-state index >= 15 is 0 Å². The summed E-state index contributed by atoms with van der Waals surface area (Å²) in [7, 11) is 1.27. The predicted octanol–water partition coefficient (Wildman–Crippen LogP) is 3.44.